The number of unbranched alkanes of at least 4 members (excludes halogenated alkanes) is 11. The van der Waals surface area contributed by atoms with Crippen LogP contribution in [-0.4, -0.2) is 25.0 Å². The van der Waals surface area contributed by atoms with Gasteiger partial charge in [-0.05, 0) is 61.2 Å². The van der Waals surface area contributed by atoms with Crippen molar-refractivity contribution in [2.45, 2.75) is 104 Å². The van der Waals surface area contributed by atoms with Crippen LogP contribution in [0.2, 0.25) is 0 Å². The number of esters is 1. The molecule has 2 rings (SSSR count). The van der Waals surface area contributed by atoms with Crippen LogP contribution in [0, 0.1) is 0 Å². The normalized spacial score (nSPS) is 10.8. The van der Waals surface area contributed by atoms with Gasteiger partial charge in [0.2, 0.25) is 0 Å². The van der Waals surface area contributed by atoms with E-state index >= 15 is 0 Å². The molecule has 2 aromatic carbocycles. The van der Waals surface area contributed by atoms with Gasteiger partial charge in [-0.15, -0.1) is 0 Å². The summed E-state index contributed by atoms with van der Waals surface area (Å²) in [6.45, 7) is 4.88. The third-order valence-corrected chi connectivity index (χ3v) is 6.54. The van der Waals surface area contributed by atoms with Crippen LogP contribution >= 0.6 is 0 Å². The third kappa shape index (κ3) is 12.4. The van der Waals surface area contributed by atoms with Crippen LogP contribution in [0.1, 0.15) is 124 Å². The molecule has 0 fully saturated rings. The van der Waals surface area contributed by atoms with E-state index in [0.29, 0.717) is 17.7 Å². The summed E-state index contributed by atoms with van der Waals surface area (Å²) in [6.07, 6.45) is 17.4. The number of hydrogen-bond donors (Lipinski definition) is 0. The van der Waals surface area contributed by atoms with Crippen molar-refractivity contribution < 1.29 is 19.1 Å². The van der Waals surface area contributed by atoms with Crippen molar-refractivity contribution in [3.8, 4) is 5.75 Å². The number of carbonyl (C=O) groups excluding carboxylic acids is 2. The first-order valence-corrected chi connectivity index (χ1v) is 14.2. The van der Waals surface area contributed by atoms with E-state index in [0.717, 1.165) is 18.6 Å². The molecule has 0 saturated heterocycles. The number of aryl methyl sites for hydroxylation is 1. The first-order valence-electron chi connectivity index (χ1n) is 14.2. The van der Waals surface area contributed by atoms with Crippen molar-refractivity contribution in [2.24, 2.45) is 0 Å². The summed E-state index contributed by atoms with van der Waals surface area (Å²) in [5.74, 6) is 0.0711. The van der Waals surface area contributed by atoms with Crippen LogP contribution in [0.25, 0.3) is 0 Å². The summed E-state index contributed by atoms with van der Waals surface area (Å²) in [4.78, 5) is 24.8. The Morgan fingerprint density at radius 1 is 0.611 bits per heavy atom. The lowest BCUT2D eigenvalue weighted by molar-refractivity contribution is 0.0474. The summed E-state index contributed by atoms with van der Waals surface area (Å²) in [6, 6.07) is 14.6. The zero-order valence-electron chi connectivity index (χ0n) is 22.6. The fraction of sp³-hybridized carbons (Fsp3) is 0.562. The van der Waals surface area contributed by atoms with E-state index < -0.39 is 5.97 Å². The molecule has 0 aromatic heterocycles. The summed E-state index contributed by atoms with van der Waals surface area (Å²) >= 11 is 0. The second kappa shape index (κ2) is 18.6. The van der Waals surface area contributed by atoms with Crippen LogP contribution < -0.4 is 4.74 Å². The lowest BCUT2D eigenvalue weighted by atomic mass is 10.0. The van der Waals surface area contributed by atoms with Crippen molar-refractivity contribution >= 4 is 11.8 Å². The highest BCUT2D eigenvalue weighted by atomic mass is 16.5. The number of carbonyl (C=O) groups is 2. The lowest BCUT2D eigenvalue weighted by Gasteiger charge is -2.08. The van der Waals surface area contributed by atoms with Crippen molar-refractivity contribution in [1.29, 1.82) is 0 Å². The molecule has 0 aliphatic heterocycles. The van der Waals surface area contributed by atoms with Gasteiger partial charge in [0.1, 0.15) is 5.75 Å². The standard InChI is InChI=1S/C32H46O4/c1-3-5-7-9-10-11-13-15-25-35-30-23-21-28(22-24-30)31(33)26-36-32(34)29-19-17-27(18-20-29)16-14-12-8-6-4-2/h17-24H,3-16,25-26H2,1-2H3. The number of rotatable bonds is 20. The summed E-state index contributed by atoms with van der Waals surface area (Å²) in [7, 11) is 0. The van der Waals surface area contributed by atoms with Gasteiger partial charge >= 0.3 is 5.97 Å². The molecule has 0 spiro atoms. The monoisotopic (exact) mass is 494 g/mol. The molecular weight excluding hydrogens is 448 g/mol. The fourth-order valence-electron chi connectivity index (χ4n) is 4.20. The highest BCUT2D eigenvalue weighted by Crippen LogP contribution is 2.15. The number of benzene rings is 2. The molecule has 0 aliphatic rings. The van der Waals surface area contributed by atoms with Gasteiger partial charge in [-0.25, -0.2) is 4.79 Å². The van der Waals surface area contributed by atoms with Crippen LogP contribution in [0.3, 0.4) is 0 Å². The van der Waals surface area contributed by atoms with Gasteiger partial charge in [0.25, 0.3) is 0 Å². The molecule has 36 heavy (non-hydrogen) atoms. The van der Waals surface area contributed by atoms with E-state index in [1.165, 1.54) is 82.6 Å². The topological polar surface area (TPSA) is 52.6 Å². The van der Waals surface area contributed by atoms with Gasteiger partial charge in [-0.3, -0.25) is 4.79 Å². The lowest BCUT2D eigenvalue weighted by Crippen LogP contribution is -2.14. The van der Waals surface area contributed by atoms with Gasteiger partial charge in [-0.1, -0.05) is 96.6 Å². The Morgan fingerprint density at radius 3 is 1.75 bits per heavy atom. The quantitative estimate of drug-likeness (QED) is 0.105. The summed E-state index contributed by atoms with van der Waals surface area (Å²) in [5.41, 5.74) is 2.21. The highest BCUT2D eigenvalue weighted by Gasteiger charge is 2.12. The van der Waals surface area contributed by atoms with Crippen LogP contribution in [0.15, 0.2) is 48.5 Å². The van der Waals surface area contributed by atoms with E-state index in [-0.39, 0.29) is 12.4 Å². The van der Waals surface area contributed by atoms with E-state index in [1.807, 2.05) is 12.1 Å². The second-order valence-electron chi connectivity index (χ2n) is 9.71. The number of ketones is 1. The Hall–Kier alpha value is -2.62. The largest absolute Gasteiger partial charge is 0.494 e. The van der Waals surface area contributed by atoms with Crippen molar-refractivity contribution in [3.63, 3.8) is 0 Å². The van der Waals surface area contributed by atoms with Crippen LogP contribution in [-0.2, 0) is 11.2 Å². The molecular formula is C32H46O4. The minimum Gasteiger partial charge on any atom is -0.494 e. The molecule has 0 amide bonds. The maximum Gasteiger partial charge on any atom is 0.338 e. The Balaban J connectivity index is 1.63. The molecule has 4 nitrogen and oxygen atoms in total. The van der Waals surface area contributed by atoms with Gasteiger partial charge in [-0.2, -0.15) is 0 Å². The zero-order valence-corrected chi connectivity index (χ0v) is 22.6. The predicted molar refractivity (Wildman–Crippen MR) is 148 cm³/mol. The maximum absolute atomic E-state index is 12.4. The molecule has 0 heterocycles. The fourth-order valence-corrected chi connectivity index (χ4v) is 4.20. The van der Waals surface area contributed by atoms with Crippen molar-refractivity contribution in [2.75, 3.05) is 13.2 Å². The number of Topliss-reactive ketones (excluding diaryl/α,β-unsaturated/α-hetero) is 1. The van der Waals surface area contributed by atoms with Crippen LogP contribution in [0.4, 0.5) is 0 Å². The molecule has 0 radical (unpaired) electrons. The molecule has 198 valence electrons. The summed E-state index contributed by atoms with van der Waals surface area (Å²) < 4.78 is 11.0. The highest BCUT2D eigenvalue weighted by molar-refractivity contribution is 5.99. The number of hydrogen-bond acceptors (Lipinski definition) is 4. The zero-order chi connectivity index (χ0) is 25.8. The minimum absolute atomic E-state index is 0.221. The molecule has 0 N–H and O–H groups in total. The van der Waals surface area contributed by atoms with Gasteiger partial charge in [0.05, 0.1) is 12.2 Å². The second-order valence-corrected chi connectivity index (χ2v) is 9.71. The predicted octanol–water partition coefficient (Wildman–Crippen LogP) is 8.76. The molecule has 0 atom stereocenters. The average molecular weight is 495 g/mol. The van der Waals surface area contributed by atoms with Crippen molar-refractivity contribution in [1.82, 2.24) is 0 Å². The molecule has 0 unspecified atom stereocenters. The molecule has 0 aliphatic carbocycles. The molecule has 0 bridgehead atoms. The first-order chi connectivity index (χ1) is 17.6. The Labute approximate surface area is 218 Å². The molecule has 2 aromatic rings. The summed E-state index contributed by atoms with van der Waals surface area (Å²) in [5, 5.41) is 0. The SMILES string of the molecule is CCCCCCCCCCOc1ccc(C(=O)COC(=O)c2ccc(CCCCCCC)cc2)cc1. The van der Waals surface area contributed by atoms with Crippen LogP contribution in [0.5, 0.6) is 5.75 Å². The van der Waals surface area contributed by atoms with E-state index in [9.17, 15) is 9.59 Å². The van der Waals surface area contributed by atoms with E-state index in [4.69, 9.17) is 9.47 Å². The van der Waals surface area contributed by atoms with Crippen molar-refractivity contribution in [3.05, 3.63) is 65.2 Å². The van der Waals surface area contributed by atoms with Gasteiger partial charge in [0, 0.05) is 5.56 Å². The Kier molecular flexibility index (Phi) is 15.3. The Bertz CT molecular complexity index is 855. The first kappa shape index (κ1) is 29.6. The smallest absolute Gasteiger partial charge is 0.338 e. The van der Waals surface area contributed by atoms with Gasteiger partial charge < -0.3 is 9.47 Å². The van der Waals surface area contributed by atoms with E-state index in [1.54, 1.807) is 36.4 Å². The minimum atomic E-state index is -0.469. The average Bonchev–Trinajstić information content (AvgIpc) is 2.91. The van der Waals surface area contributed by atoms with Gasteiger partial charge in [0.15, 0.2) is 12.4 Å². The number of ether oxygens (including phenoxy) is 2. The molecule has 4 heteroatoms. The third-order valence-electron chi connectivity index (χ3n) is 6.54. The maximum atomic E-state index is 12.4. The van der Waals surface area contributed by atoms with E-state index in [2.05, 4.69) is 13.8 Å². The Morgan fingerprint density at radius 2 is 1.14 bits per heavy atom. The molecule has 0 saturated carbocycles.